The molecule has 0 unspecified atom stereocenters. The number of amides is 1. The Labute approximate surface area is 146 Å². The quantitative estimate of drug-likeness (QED) is 0.898. The van der Waals surface area contributed by atoms with Gasteiger partial charge >= 0.3 is 0 Å². The number of thiophene rings is 1. The number of nitrogens with one attached hydrogen (secondary N) is 1. The zero-order chi connectivity index (χ0) is 16.4. The lowest BCUT2D eigenvalue weighted by Crippen LogP contribution is -2.42. The number of aromatic nitrogens is 1. The van der Waals surface area contributed by atoms with Crippen molar-refractivity contribution >= 4 is 51.3 Å². The van der Waals surface area contributed by atoms with Crippen LogP contribution in [-0.2, 0) is 9.59 Å². The van der Waals surface area contributed by atoms with Gasteiger partial charge in [-0.15, -0.1) is 22.7 Å². The van der Waals surface area contributed by atoms with Crippen LogP contribution in [0.25, 0.3) is 10.6 Å². The average Bonchev–Trinajstić information content (AvgIpc) is 3.16. The van der Waals surface area contributed by atoms with Crippen LogP contribution in [0.1, 0.15) is 25.7 Å². The van der Waals surface area contributed by atoms with Crippen LogP contribution in [0, 0.1) is 11.8 Å². The maximum Gasteiger partial charge on any atom is 0.229 e. The molecule has 0 radical (unpaired) electrons. The summed E-state index contributed by atoms with van der Waals surface area (Å²) in [5, 5.41) is 16.3. The summed E-state index contributed by atoms with van der Waals surface area (Å²) in [5.74, 6) is -2.68. The minimum Gasteiger partial charge on any atom is -0.550 e. The molecule has 0 bridgehead atoms. The van der Waals surface area contributed by atoms with E-state index in [4.69, 9.17) is 11.6 Å². The van der Waals surface area contributed by atoms with E-state index in [1.54, 1.807) is 6.07 Å². The monoisotopic (exact) mass is 369 g/mol. The lowest BCUT2D eigenvalue weighted by atomic mass is 9.79. The van der Waals surface area contributed by atoms with Crippen LogP contribution >= 0.6 is 34.3 Å². The number of rotatable bonds is 4. The van der Waals surface area contributed by atoms with Crippen LogP contribution in [0.15, 0.2) is 17.5 Å². The molecule has 0 aromatic carbocycles. The fraction of sp³-hybridized carbons (Fsp3) is 0.400. The van der Waals surface area contributed by atoms with Crippen molar-refractivity contribution in [1.29, 1.82) is 0 Å². The van der Waals surface area contributed by atoms with Gasteiger partial charge in [-0.1, -0.05) is 24.4 Å². The molecule has 1 amide bonds. The average molecular weight is 370 g/mol. The number of halogens is 1. The maximum atomic E-state index is 12.4. The molecule has 23 heavy (non-hydrogen) atoms. The normalized spacial score (nSPS) is 21.1. The van der Waals surface area contributed by atoms with Gasteiger partial charge in [0.2, 0.25) is 5.91 Å². The topological polar surface area (TPSA) is 82.1 Å². The van der Waals surface area contributed by atoms with Gasteiger partial charge in [-0.2, -0.15) is 0 Å². The second-order valence-electron chi connectivity index (χ2n) is 5.45. The van der Waals surface area contributed by atoms with Crippen LogP contribution in [-0.4, -0.2) is 16.9 Å². The molecule has 0 aliphatic heterocycles. The second kappa shape index (κ2) is 6.98. The van der Waals surface area contributed by atoms with Gasteiger partial charge in [-0.25, -0.2) is 4.98 Å². The van der Waals surface area contributed by atoms with Gasteiger partial charge in [0.05, 0.1) is 14.9 Å². The van der Waals surface area contributed by atoms with Crippen LogP contribution < -0.4 is 10.4 Å². The summed E-state index contributed by atoms with van der Waals surface area (Å²) in [6.45, 7) is 0. The van der Waals surface area contributed by atoms with E-state index in [0.29, 0.717) is 22.3 Å². The summed E-state index contributed by atoms with van der Waals surface area (Å²) in [7, 11) is 0. The second-order valence-corrected chi connectivity index (χ2v) is 8.02. The summed E-state index contributed by atoms with van der Waals surface area (Å²) in [6.07, 6.45) is 2.75. The van der Waals surface area contributed by atoms with Crippen molar-refractivity contribution in [3.8, 4) is 10.6 Å². The Bertz CT molecular complexity index is 728. The first-order chi connectivity index (χ1) is 11.0. The first-order valence-corrected chi connectivity index (χ1v) is 9.35. The molecule has 2 atom stereocenters. The number of carboxylic acid groups (broad SMARTS) is 1. The SMILES string of the molecule is O=C([O-])[C@H]1CCCC[C@@H]1C(=O)Nc1nc(-c2ccc(Cl)s2)cs1. The summed E-state index contributed by atoms with van der Waals surface area (Å²) in [6, 6.07) is 3.67. The molecule has 3 rings (SSSR count). The molecule has 1 N–H and O–H groups in total. The molecule has 2 aromatic heterocycles. The largest absolute Gasteiger partial charge is 0.550 e. The van der Waals surface area contributed by atoms with Gasteiger partial charge < -0.3 is 15.2 Å². The van der Waals surface area contributed by atoms with E-state index in [1.807, 2.05) is 11.4 Å². The number of hydrogen-bond donors (Lipinski definition) is 1. The Morgan fingerprint density at radius 1 is 1.26 bits per heavy atom. The highest BCUT2D eigenvalue weighted by Crippen LogP contribution is 2.34. The van der Waals surface area contributed by atoms with Gasteiger partial charge in [0.25, 0.3) is 0 Å². The Morgan fingerprint density at radius 2 is 2.00 bits per heavy atom. The highest BCUT2D eigenvalue weighted by molar-refractivity contribution is 7.20. The Hall–Kier alpha value is -1.44. The predicted octanol–water partition coefficient (Wildman–Crippen LogP) is 3.02. The highest BCUT2D eigenvalue weighted by atomic mass is 35.5. The molecule has 8 heteroatoms. The van der Waals surface area contributed by atoms with Crippen LogP contribution in [0.5, 0.6) is 0 Å². The summed E-state index contributed by atoms with van der Waals surface area (Å²) >= 11 is 8.64. The van der Waals surface area contributed by atoms with Gasteiger partial charge in [0.15, 0.2) is 5.13 Å². The third-order valence-electron chi connectivity index (χ3n) is 3.97. The number of aliphatic carboxylic acids is 1. The van der Waals surface area contributed by atoms with Crippen molar-refractivity contribution in [2.75, 3.05) is 5.32 Å². The van der Waals surface area contributed by atoms with E-state index < -0.39 is 17.8 Å². The van der Waals surface area contributed by atoms with E-state index in [2.05, 4.69) is 10.3 Å². The van der Waals surface area contributed by atoms with Crippen LogP contribution in [0.3, 0.4) is 0 Å². The van der Waals surface area contributed by atoms with Gasteiger partial charge in [0, 0.05) is 23.2 Å². The lowest BCUT2D eigenvalue weighted by molar-refractivity contribution is -0.313. The Balaban J connectivity index is 1.70. The van der Waals surface area contributed by atoms with Crippen LogP contribution in [0.2, 0.25) is 4.34 Å². The van der Waals surface area contributed by atoms with Crippen molar-refractivity contribution in [2.45, 2.75) is 25.7 Å². The van der Waals surface area contributed by atoms with Gasteiger partial charge in [0.1, 0.15) is 0 Å². The van der Waals surface area contributed by atoms with Crippen LogP contribution in [0.4, 0.5) is 5.13 Å². The zero-order valence-corrected chi connectivity index (χ0v) is 14.5. The molecule has 1 fully saturated rings. The standard InChI is InChI=1S/C15H15ClN2O3S2/c16-12-6-5-11(23-12)10-7-22-15(17-10)18-13(19)8-3-1-2-4-9(8)14(20)21/h5-9H,1-4H2,(H,20,21)(H,17,18,19)/p-1/t8-,9-/m0/s1. The molecule has 5 nitrogen and oxygen atoms in total. The summed E-state index contributed by atoms with van der Waals surface area (Å²) in [4.78, 5) is 28.9. The van der Waals surface area contributed by atoms with Crippen molar-refractivity contribution in [2.24, 2.45) is 11.8 Å². The molecule has 122 valence electrons. The smallest absolute Gasteiger partial charge is 0.229 e. The first kappa shape index (κ1) is 16.4. The van der Waals surface area contributed by atoms with Crippen molar-refractivity contribution in [1.82, 2.24) is 4.98 Å². The molecule has 2 aromatic rings. The van der Waals surface area contributed by atoms with E-state index in [-0.39, 0.29) is 5.91 Å². The highest BCUT2D eigenvalue weighted by Gasteiger charge is 2.32. The predicted molar refractivity (Wildman–Crippen MR) is 89.5 cm³/mol. The molecule has 2 heterocycles. The third kappa shape index (κ3) is 3.73. The lowest BCUT2D eigenvalue weighted by Gasteiger charge is -2.30. The molecule has 1 aliphatic carbocycles. The van der Waals surface area contributed by atoms with E-state index in [0.717, 1.165) is 23.4 Å². The van der Waals surface area contributed by atoms with E-state index >= 15 is 0 Å². The van der Waals surface area contributed by atoms with Crippen molar-refractivity contribution in [3.63, 3.8) is 0 Å². The number of hydrogen-bond acceptors (Lipinski definition) is 6. The van der Waals surface area contributed by atoms with Gasteiger partial charge in [-0.3, -0.25) is 4.79 Å². The molecule has 0 spiro atoms. The van der Waals surface area contributed by atoms with Crippen molar-refractivity contribution in [3.05, 3.63) is 21.8 Å². The van der Waals surface area contributed by atoms with Crippen molar-refractivity contribution < 1.29 is 14.7 Å². The minimum atomic E-state index is -1.14. The fourth-order valence-corrected chi connectivity index (χ4v) is 4.61. The number of carbonyl (C=O) groups excluding carboxylic acids is 2. The van der Waals surface area contributed by atoms with E-state index in [9.17, 15) is 14.7 Å². The number of anilines is 1. The zero-order valence-electron chi connectivity index (χ0n) is 12.1. The first-order valence-electron chi connectivity index (χ1n) is 7.27. The number of carbonyl (C=O) groups is 2. The Kier molecular flexibility index (Phi) is 4.99. The fourth-order valence-electron chi connectivity index (χ4n) is 2.82. The van der Waals surface area contributed by atoms with E-state index in [1.165, 1.54) is 22.7 Å². The molecular formula is C15H14ClN2O3S2-. The van der Waals surface area contributed by atoms with Gasteiger partial charge in [-0.05, 0) is 25.0 Å². The molecule has 0 saturated heterocycles. The molecule has 1 saturated carbocycles. The Morgan fingerprint density at radius 3 is 2.65 bits per heavy atom. The molecular weight excluding hydrogens is 356 g/mol. The number of thiazole rings is 1. The molecule has 1 aliphatic rings. The summed E-state index contributed by atoms with van der Waals surface area (Å²) < 4.78 is 0.678. The minimum absolute atomic E-state index is 0.288. The summed E-state index contributed by atoms with van der Waals surface area (Å²) in [5.41, 5.74) is 0.752. The number of carboxylic acids is 1. The maximum absolute atomic E-state index is 12.4. The number of nitrogens with zero attached hydrogens (tertiary/aromatic N) is 1. The third-order valence-corrected chi connectivity index (χ3v) is 5.98.